The van der Waals surface area contributed by atoms with Gasteiger partial charge in [0.15, 0.2) is 10.5 Å². The van der Waals surface area contributed by atoms with E-state index in [2.05, 4.69) is 28.1 Å². The van der Waals surface area contributed by atoms with E-state index in [1.807, 2.05) is 0 Å². The molecule has 0 saturated carbocycles. The summed E-state index contributed by atoms with van der Waals surface area (Å²) >= 11 is 5.48. The van der Waals surface area contributed by atoms with E-state index in [0.717, 1.165) is 25.7 Å². The third kappa shape index (κ3) is 9.23. The average Bonchev–Trinajstić information content (AvgIpc) is 3.48. The van der Waals surface area contributed by atoms with Crippen molar-refractivity contribution in [1.82, 2.24) is 10.7 Å². The molecule has 2 heterocycles. The van der Waals surface area contributed by atoms with Crippen molar-refractivity contribution in [3.05, 3.63) is 70.4 Å². The first-order chi connectivity index (χ1) is 24.1. The summed E-state index contributed by atoms with van der Waals surface area (Å²) in [5, 5.41) is 31.1. The molecule has 12 nitrogen and oxygen atoms in total. The molecule has 1 atom stereocenters. The van der Waals surface area contributed by atoms with Crippen LogP contribution in [0.4, 0.5) is 5.69 Å². The van der Waals surface area contributed by atoms with Gasteiger partial charge in [-0.05, 0) is 67.0 Å². The van der Waals surface area contributed by atoms with Gasteiger partial charge in [0.25, 0.3) is 0 Å². The van der Waals surface area contributed by atoms with Gasteiger partial charge in [0.2, 0.25) is 5.91 Å². The maximum atomic E-state index is 12.8. The predicted molar refractivity (Wildman–Crippen MR) is 195 cm³/mol. The molecule has 1 aliphatic carbocycles. The number of carbonyl (C=O) groups excluding carboxylic acids is 2. The molecule has 5 N–H and O–H groups in total. The fourth-order valence-electron chi connectivity index (χ4n) is 5.98. The van der Waals surface area contributed by atoms with Crippen LogP contribution in [0, 0.1) is 0 Å². The van der Waals surface area contributed by atoms with E-state index in [0.29, 0.717) is 46.3 Å². The van der Waals surface area contributed by atoms with Crippen molar-refractivity contribution in [2.45, 2.75) is 77.2 Å². The zero-order valence-corrected chi connectivity index (χ0v) is 28.6. The first kappa shape index (κ1) is 36.0. The van der Waals surface area contributed by atoms with Gasteiger partial charge in [-0.25, -0.2) is 9.59 Å². The van der Waals surface area contributed by atoms with Crippen LogP contribution in [0.2, 0.25) is 0 Å². The summed E-state index contributed by atoms with van der Waals surface area (Å²) in [5.74, 6) is -1.78. The largest absolute Gasteiger partial charge is 0.508 e. The minimum Gasteiger partial charge on any atom is -0.508 e. The Morgan fingerprint density at radius 2 is 1.72 bits per heavy atom. The number of esters is 1. The quantitative estimate of drug-likeness (QED) is 0.0226. The fraction of sp³-hybridized carbons (Fsp3) is 0.351. The summed E-state index contributed by atoms with van der Waals surface area (Å²) in [6, 6.07) is 12.9. The normalized spacial score (nSPS) is 14.5. The summed E-state index contributed by atoms with van der Waals surface area (Å²) in [5.41, 5.74) is 5.09. The molecule has 1 saturated heterocycles. The van der Waals surface area contributed by atoms with E-state index in [-0.39, 0.29) is 52.1 Å². The average molecular weight is 701 g/mol. The molecular weight excluding hydrogens is 660 g/mol. The minimum absolute atomic E-state index is 0.0238. The predicted octanol–water partition coefficient (Wildman–Crippen LogP) is 6.57. The summed E-state index contributed by atoms with van der Waals surface area (Å²) in [6.07, 6.45) is 8.62. The van der Waals surface area contributed by atoms with Crippen molar-refractivity contribution in [3.8, 4) is 28.2 Å². The number of benzene rings is 3. The molecule has 5 rings (SSSR count). The number of nitrogens with zero attached hydrogens (tertiary/aromatic N) is 1. The number of rotatable bonds is 15. The molecule has 50 heavy (non-hydrogen) atoms. The van der Waals surface area contributed by atoms with Crippen molar-refractivity contribution in [2.24, 2.45) is 5.10 Å². The highest BCUT2D eigenvalue weighted by atomic mass is 32.1. The topological polar surface area (TPSA) is 180 Å². The molecule has 0 aromatic heterocycles. The zero-order chi connectivity index (χ0) is 35.6. The second kappa shape index (κ2) is 16.9. The molecule has 262 valence electrons. The Morgan fingerprint density at radius 1 is 0.960 bits per heavy atom. The van der Waals surface area contributed by atoms with E-state index in [1.165, 1.54) is 49.6 Å². The number of nitrogens with one attached hydrogen (secondary N) is 3. The molecule has 3 aliphatic rings. The third-order valence-electron chi connectivity index (χ3n) is 8.47. The number of hydrogen-bond donors (Lipinski definition) is 5. The van der Waals surface area contributed by atoms with Crippen molar-refractivity contribution in [1.29, 1.82) is 0 Å². The number of aromatic hydroxyl groups is 1. The number of carboxylic acids is 1. The number of carbonyl (C=O) groups is 3. The highest BCUT2D eigenvalue weighted by Crippen LogP contribution is 2.42. The molecule has 0 spiro atoms. The minimum atomic E-state index is -1.20. The molecule has 0 radical (unpaired) electrons. The fourth-order valence-corrected chi connectivity index (χ4v) is 6.15. The van der Waals surface area contributed by atoms with Crippen LogP contribution in [0.25, 0.3) is 33.4 Å². The summed E-state index contributed by atoms with van der Waals surface area (Å²) in [4.78, 5) is 49.3. The highest BCUT2D eigenvalue weighted by molar-refractivity contribution is 7.80. The highest BCUT2D eigenvalue weighted by Gasteiger charge is 2.28. The number of phenolic OH excluding ortho intramolecular Hbond substituents is 1. The van der Waals surface area contributed by atoms with Gasteiger partial charge in [-0.1, -0.05) is 51.5 Å². The van der Waals surface area contributed by atoms with Gasteiger partial charge < -0.3 is 30.0 Å². The number of cyclic esters (lactones) is 1. The van der Waals surface area contributed by atoms with Gasteiger partial charge in [0.05, 0.1) is 18.6 Å². The number of carboxylic acid groups (broad SMARTS) is 1. The molecule has 0 unspecified atom stereocenters. The number of hydrogen-bond acceptors (Lipinski definition) is 9. The van der Waals surface area contributed by atoms with Crippen molar-refractivity contribution >= 4 is 57.5 Å². The number of amides is 1. The number of anilines is 1. The number of thiocarbonyl (C=S) groups is 1. The molecular formula is C37H40N4O8S. The lowest BCUT2D eigenvalue weighted by molar-refractivity contribution is -0.141. The monoisotopic (exact) mass is 700 g/mol. The maximum absolute atomic E-state index is 12.8. The Balaban J connectivity index is 1.34. The molecule has 2 aliphatic heterocycles. The van der Waals surface area contributed by atoms with Gasteiger partial charge in [-0.15, -0.1) is 0 Å². The second-order valence-electron chi connectivity index (χ2n) is 12.2. The molecule has 2 aromatic carbocycles. The van der Waals surface area contributed by atoms with E-state index >= 15 is 0 Å². The van der Waals surface area contributed by atoms with E-state index in [4.69, 9.17) is 21.4 Å². The van der Waals surface area contributed by atoms with Gasteiger partial charge in [-0.3, -0.25) is 15.0 Å². The number of phenols is 1. The molecule has 0 bridgehead atoms. The van der Waals surface area contributed by atoms with Gasteiger partial charge in [0, 0.05) is 46.5 Å². The second-order valence-corrected chi connectivity index (χ2v) is 12.7. The summed E-state index contributed by atoms with van der Waals surface area (Å²) in [7, 11) is 0. The number of fused-ring (bicyclic) bond motifs is 2. The van der Waals surface area contributed by atoms with E-state index < -0.39 is 18.0 Å². The number of hydrazone groups is 1. The van der Waals surface area contributed by atoms with Gasteiger partial charge >= 0.3 is 11.9 Å². The van der Waals surface area contributed by atoms with Crippen LogP contribution in [0.5, 0.6) is 5.75 Å². The first-order valence-electron chi connectivity index (χ1n) is 16.8. The lowest BCUT2D eigenvalue weighted by atomic mass is 9.90. The number of aromatic carboxylic acids is 1. The maximum Gasteiger partial charge on any atom is 0.336 e. The smallest absolute Gasteiger partial charge is 0.336 e. The Kier molecular flexibility index (Phi) is 12.2. The summed E-state index contributed by atoms with van der Waals surface area (Å²) < 4.78 is 10.8. The molecule has 1 fully saturated rings. The number of ether oxygens (including phenoxy) is 1. The standard InChI is InChI=1S/C37H40N4O8S/c1-2-3-4-5-6-7-8-9-23(19-33(44)39-30-16-17-48-36(30)47)40-41-37(50)38-22-10-13-26(29(18-22)35(45)46)34-27-14-11-24(42)20-31(27)49-32-21-25(43)12-15-28(32)34/h10-15,18,20-21,30,42H,2-9,16-17,19H2,1H3,(H,39,44)(H,45,46)(H2,38,41,50)/b40-23-/t30-/m1/s1. The van der Waals surface area contributed by atoms with Crippen LogP contribution in [0.3, 0.4) is 0 Å². The van der Waals surface area contributed by atoms with Gasteiger partial charge in [-0.2, -0.15) is 5.10 Å². The molecule has 1 amide bonds. The van der Waals surface area contributed by atoms with Crippen LogP contribution < -0.4 is 21.5 Å². The van der Waals surface area contributed by atoms with Gasteiger partial charge in [0.1, 0.15) is 23.1 Å². The van der Waals surface area contributed by atoms with Crippen LogP contribution in [0.1, 0.15) is 81.5 Å². The molecule has 13 heteroatoms. The Morgan fingerprint density at radius 3 is 2.46 bits per heavy atom. The zero-order valence-electron chi connectivity index (χ0n) is 27.8. The lowest BCUT2D eigenvalue weighted by Crippen LogP contribution is -2.39. The number of unbranched alkanes of at least 4 members (excludes halogenated alkanes) is 6. The molecule has 2 aromatic rings. The summed E-state index contributed by atoms with van der Waals surface area (Å²) in [6.45, 7) is 2.45. The van der Waals surface area contributed by atoms with E-state index in [1.54, 1.807) is 24.3 Å². The van der Waals surface area contributed by atoms with E-state index in [9.17, 15) is 29.4 Å². The SMILES string of the molecule is CCCCCCCCC/C(CC(=O)N[C@@H]1CCOC1=O)=N/NC(=S)Nc1ccc(-c2c3ccc(=O)cc-3oc3cc(O)ccc23)c(C(=O)O)c1. The Hall–Kier alpha value is -5.30. The van der Waals surface area contributed by atoms with Crippen molar-refractivity contribution in [2.75, 3.05) is 11.9 Å². The Labute approximate surface area is 294 Å². The Bertz CT molecular complexity index is 1960. The van der Waals surface area contributed by atoms with Crippen molar-refractivity contribution in [3.63, 3.8) is 0 Å². The lowest BCUT2D eigenvalue weighted by Gasteiger charge is -2.18. The van der Waals surface area contributed by atoms with Crippen LogP contribution in [-0.2, 0) is 14.3 Å². The first-order valence-corrected chi connectivity index (χ1v) is 17.2. The third-order valence-corrected chi connectivity index (χ3v) is 8.67. The van der Waals surface area contributed by atoms with Crippen LogP contribution in [-0.4, -0.2) is 51.5 Å². The van der Waals surface area contributed by atoms with Crippen LogP contribution >= 0.6 is 12.2 Å². The van der Waals surface area contributed by atoms with Crippen molar-refractivity contribution < 1.29 is 33.8 Å². The van der Waals surface area contributed by atoms with Crippen LogP contribution in [0.15, 0.2) is 68.9 Å².